The Bertz CT molecular complexity index is 669. The van der Waals surface area contributed by atoms with Gasteiger partial charge in [-0.3, -0.25) is 9.69 Å². The van der Waals surface area contributed by atoms with Gasteiger partial charge in [-0.1, -0.05) is 31.0 Å². The van der Waals surface area contributed by atoms with Crippen LogP contribution in [0.2, 0.25) is 5.15 Å². The Morgan fingerprint density at radius 3 is 2.60 bits per heavy atom. The molecule has 1 amide bonds. The molecule has 0 aromatic carbocycles. The molecule has 25 heavy (non-hydrogen) atoms. The number of aromatic nitrogens is 1. The molecule has 0 bridgehead atoms. The molecule has 1 aliphatic heterocycles. The summed E-state index contributed by atoms with van der Waals surface area (Å²) < 4.78 is 5.54. The van der Waals surface area contributed by atoms with Crippen LogP contribution in [0.15, 0.2) is 12.1 Å². The van der Waals surface area contributed by atoms with Crippen molar-refractivity contribution in [3.05, 3.63) is 28.5 Å². The first kappa shape index (κ1) is 19.7. The molecule has 2 heterocycles. The quantitative estimate of drug-likeness (QED) is 0.567. The number of ether oxygens (including phenoxy) is 1. The molecule has 1 aliphatic rings. The van der Waals surface area contributed by atoms with Gasteiger partial charge in [-0.05, 0) is 58.6 Å². The van der Waals surface area contributed by atoms with Gasteiger partial charge in [-0.15, -0.1) is 0 Å². The van der Waals surface area contributed by atoms with E-state index in [1.807, 2.05) is 34.6 Å². The molecule has 1 fully saturated rings. The summed E-state index contributed by atoms with van der Waals surface area (Å²) in [6.07, 6.45) is 2.31. The maximum absolute atomic E-state index is 13.3. The molecule has 0 aliphatic carbocycles. The summed E-state index contributed by atoms with van der Waals surface area (Å²) in [5.41, 5.74) is -0.382. The SMILES string of the molecule is CCCC1(C(=O)c2ccc(C)c(Cl)n2)CCCN1C(=O)OC(C)(C)C. The van der Waals surface area contributed by atoms with E-state index in [2.05, 4.69) is 4.98 Å². The van der Waals surface area contributed by atoms with Gasteiger partial charge in [0.15, 0.2) is 0 Å². The van der Waals surface area contributed by atoms with Crippen molar-refractivity contribution in [1.82, 2.24) is 9.88 Å². The number of carbonyl (C=O) groups excluding carboxylic acids is 2. The highest BCUT2D eigenvalue weighted by Crippen LogP contribution is 2.37. The lowest BCUT2D eigenvalue weighted by Gasteiger charge is -2.37. The number of hydrogen-bond acceptors (Lipinski definition) is 4. The number of carbonyl (C=O) groups is 2. The average molecular weight is 367 g/mol. The van der Waals surface area contributed by atoms with E-state index in [4.69, 9.17) is 16.3 Å². The van der Waals surface area contributed by atoms with E-state index in [-0.39, 0.29) is 5.78 Å². The van der Waals surface area contributed by atoms with E-state index in [0.717, 1.165) is 18.4 Å². The second kappa shape index (κ2) is 7.32. The molecule has 5 nitrogen and oxygen atoms in total. The largest absolute Gasteiger partial charge is 0.444 e. The van der Waals surface area contributed by atoms with Crippen LogP contribution in [0.3, 0.4) is 0 Å². The van der Waals surface area contributed by atoms with Crippen LogP contribution >= 0.6 is 11.6 Å². The lowest BCUT2D eigenvalue weighted by atomic mass is 9.84. The highest BCUT2D eigenvalue weighted by Gasteiger charge is 2.50. The molecule has 1 aromatic heterocycles. The standard InChI is InChI=1S/C19H27ClN2O3/c1-6-10-19(15(23)14-9-8-13(2)16(20)21-14)11-7-12-22(19)17(24)25-18(3,4)5/h8-9H,6-7,10-12H2,1-5H3. The minimum Gasteiger partial charge on any atom is -0.444 e. The van der Waals surface area contributed by atoms with Gasteiger partial charge in [-0.2, -0.15) is 0 Å². The van der Waals surface area contributed by atoms with Crippen LogP contribution in [0.5, 0.6) is 0 Å². The molecule has 0 saturated carbocycles. The summed E-state index contributed by atoms with van der Waals surface area (Å²) >= 11 is 6.10. The van der Waals surface area contributed by atoms with E-state index in [1.54, 1.807) is 17.0 Å². The second-order valence-electron chi connectivity index (χ2n) is 7.65. The number of halogens is 1. The van der Waals surface area contributed by atoms with Gasteiger partial charge >= 0.3 is 6.09 Å². The van der Waals surface area contributed by atoms with Gasteiger partial charge < -0.3 is 4.74 Å². The fourth-order valence-electron chi connectivity index (χ4n) is 3.35. The summed E-state index contributed by atoms with van der Waals surface area (Å²) in [4.78, 5) is 31.9. The first-order valence-electron chi connectivity index (χ1n) is 8.79. The predicted molar refractivity (Wildman–Crippen MR) is 98.1 cm³/mol. The zero-order valence-electron chi connectivity index (χ0n) is 15.7. The Morgan fingerprint density at radius 2 is 2.04 bits per heavy atom. The molecular weight excluding hydrogens is 340 g/mol. The van der Waals surface area contributed by atoms with Crippen molar-refractivity contribution in [3.8, 4) is 0 Å². The Hall–Kier alpha value is -1.62. The Kier molecular flexibility index (Phi) is 5.77. The number of Topliss-reactive ketones (excluding diaryl/α,β-unsaturated/α-hetero) is 1. The van der Waals surface area contributed by atoms with E-state index >= 15 is 0 Å². The third-order valence-corrected chi connectivity index (χ3v) is 4.84. The minimum atomic E-state index is -0.900. The second-order valence-corrected chi connectivity index (χ2v) is 8.01. The van der Waals surface area contributed by atoms with Crippen LogP contribution in [0, 0.1) is 6.92 Å². The first-order chi connectivity index (χ1) is 11.6. The number of rotatable bonds is 4. The van der Waals surface area contributed by atoms with Crippen molar-refractivity contribution in [2.75, 3.05) is 6.54 Å². The maximum atomic E-state index is 13.3. The Labute approximate surface area is 154 Å². The number of amides is 1. The number of hydrogen-bond donors (Lipinski definition) is 0. The van der Waals surface area contributed by atoms with Crippen LogP contribution in [-0.4, -0.2) is 39.4 Å². The van der Waals surface area contributed by atoms with Crippen LogP contribution in [0.1, 0.15) is 69.4 Å². The Balaban J connectivity index is 2.40. The van der Waals surface area contributed by atoms with E-state index in [1.165, 1.54) is 0 Å². The number of aryl methyl sites for hydroxylation is 1. The topological polar surface area (TPSA) is 59.5 Å². The lowest BCUT2D eigenvalue weighted by Crippen LogP contribution is -2.54. The number of nitrogens with zero attached hydrogens (tertiary/aromatic N) is 2. The van der Waals surface area contributed by atoms with Crippen LogP contribution in [0.4, 0.5) is 4.79 Å². The third kappa shape index (κ3) is 4.14. The van der Waals surface area contributed by atoms with Crippen LogP contribution in [-0.2, 0) is 4.74 Å². The lowest BCUT2D eigenvalue weighted by molar-refractivity contribution is 0.00721. The molecule has 1 saturated heterocycles. The monoisotopic (exact) mass is 366 g/mol. The van der Waals surface area contributed by atoms with Crippen LogP contribution in [0.25, 0.3) is 0 Å². The van der Waals surface area contributed by atoms with Crippen molar-refractivity contribution >= 4 is 23.5 Å². The summed E-state index contributed by atoms with van der Waals surface area (Å²) in [6.45, 7) is 9.84. The number of likely N-dealkylation sites (tertiary alicyclic amines) is 1. The van der Waals surface area contributed by atoms with Crippen molar-refractivity contribution in [2.24, 2.45) is 0 Å². The minimum absolute atomic E-state index is 0.153. The maximum Gasteiger partial charge on any atom is 0.411 e. The van der Waals surface area contributed by atoms with Gasteiger partial charge in [0.05, 0.1) is 0 Å². The van der Waals surface area contributed by atoms with E-state index in [0.29, 0.717) is 30.2 Å². The molecule has 1 unspecified atom stereocenters. The number of pyridine rings is 1. The molecule has 2 rings (SSSR count). The van der Waals surface area contributed by atoms with Crippen molar-refractivity contribution in [3.63, 3.8) is 0 Å². The predicted octanol–water partition coefficient (Wildman–Crippen LogP) is 4.80. The molecule has 0 spiro atoms. The van der Waals surface area contributed by atoms with Gasteiger partial charge in [0.2, 0.25) is 5.78 Å². The third-order valence-electron chi connectivity index (χ3n) is 4.46. The number of ketones is 1. The fraction of sp³-hybridized carbons (Fsp3) is 0.632. The molecule has 0 radical (unpaired) electrons. The molecule has 0 N–H and O–H groups in total. The summed E-state index contributed by atoms with van der Waals surface area (Å²) in [5.74, 6) is -0.153. The molecule has 138 valence electrons. The normalized spacial score (nSPS) is 20.6. The summed E-state index contributed by atoms with van der Waals surface area (Å²) in [5, 5.41) is 0.319. The average Bonchev–Trinajstić information content (AvgIpc) is 2.93. The Morgan fingerprint density at radius 1 is 1.36 bits per heavy atom. The first-order valence-corrected chi connectivity index (χ1v) is 9.17. The molecule has 6 heteroatoms. The summed E-state index contributed by atoms with van der Waals surface area (Å²) in [6, 6.07) is 3.47. The molecule has 1 aromatic rings. The van der Waals surface area contributed by atoms with Gasteiger partial charge in [0.1, 0.15) is 22.0 Å². The fourth-order valence-corrected chi connectivity index (χ4v) is 3.51. The van der Waals surface area contributed by atoms with E-state index in [9.17, 15) is 9.59 Å². The molecular formula is C19H27ClN2O3. The zero-order chi connectivity index (χ0) is 18.8. The van der Waals surface area contributed by atoms with Crippen molar-refractivity contribution in [1.29, 1.82) is 0 Å². The highest BCUT2D eigenvalue weighted by atomic mass is 35.5. The van der Waals surface area contributed by atoms with Crippen molar-refractivity contribution < 1.29 is 14.3 Å². The van der Waals surface area contributed by atoms with Gasteiger partial charge in [0, 0.05) is 6.54 Å². The van der Waals surface area contributed by atoms with E-state index < -0.39 is 17.2 Å². The summed E-state index contributed by atoms with van der Waals surface area (Å²) in [7, 11) is 0. The van der Waals surface area contributed by atoms with Crippen molar-refractivity contribution in [2.45, 2.75) is 71.4 Å². The van der Waals surface area contributed by atoms with Gasteiger partial charge in [0.25, 0.3) is 0 Å². The highest BCUT2D eigenvalue weighted by molar-refractivity contribution is 6.30. The smallest absolute Gasteiger partial charge is 0.411 e. The molecule has 1 atom stereocenters. The van der Waals surface area contributed by atoms with Gasteiger partial charge in [-0.25, -0.2) is 9.78 Å². The zero-order valence-corrected chi connectivity index (χ0v) is 16.4. The van der Waals surface area contributed by atoms with Crippen LogP contribution < -0.4 is 0 Å².